The Morgan fingerprint density at radius 2 is 1.86 bits per heavy atom. The number of nitrogens with zero attached hydrogens (tertiary/aromatic N) is 4. The first-order valence-electron chi connectivity index (χ1n) is 8.08. The smallest absolute Gasteiger partial charge is 0.0670 e. The third kappa shape index (κ3) is 3.65. The fourth-order valence-corrected chi connectivity index (χ4v) is 3.28. The van der Waals surface area contributed by atoms with Crippen LogP contribution in [0.25, 0.3) is 0 Å². The van der Waals surface area contributed by atoms with Crippen molar-refractivity contribution < 1.29 is 0 Å². The highest BCUT2D eigenvalue weighted by Crippen LogP contribution is 2.26. The first kappa shape index (κ1) is 16.5. The molecule has 0 radical (unpaired) electrons. The van der Waals surface area contributed by atoms with Crippen molar-refractivity contribution in [3.05, 3.63) is 17.5 Å². The van der Waals surface area contributed by atoms with E-state index >= 15 is 0 Å². The molecule has 5 heteroatoms. The molecule has 0 saturated carbocycles. The van der Waals surface area contributed by atoms with Crippen LogP contribution in [0.1, 0.15) is 45.0 Å². The minimum atomic E-state index is 0.257. The van der Waals surface area contributed by atoms with Gasteiger partial charge in [-0.25, -0.2) is 0 Å². The average molecular weight is 293 g/mol. The zero-order valence-electron chi connectivity index (χ0n) is 14.3. The Morgan fingerprint density at radius 1 is 1.24 bits per heavy atom. The van der Waals surface area contributed by atoms with Crippen LogP contribution < -0.4 is 5.73 Å². The summed E-state index contributed by atoms with van der Waals surface area (Å²) in [6.45, 7) is 14.1. The molecule has 5 nitrogen and oxygen atoms in total. The number of hydrogen-bond acceptors (Lipinski definition) is 4. The first-order valence-corrected chi connectivity index (χ1v) is 8.08. The molecule has 1 unspecified atom stereocenters. The molecule has 0 aromatic carbocycles. The van der Waals surface area contributed by atoms with E-state index in [-0.39, 0.29) is 5.54 Å². The van der Waals surface area contributed by atoms with Crippen LogP contribution in [0.15, 0.2) is 6.20 Å². The van der Waals surface area contributed by atoms with E-state index in [1.807, 2.05) is 11.7 Å². The summed E-state index contributed by atoms with van der Waals surface area (Å²) in [4.78, 5) is 5.08. The molecule has 21 heavy (non-hydrogen) atoms. The molecule has 0 bridgehead atoms. The van der Waals surface area contributed by atoms with E-state index in [9.17, 15) is 0 Å². The minimum Gasteiger partial charge on any atom is -0.329 e. The molecule has 1 aliphatic rings. The molecule has 1 aromatic rings. The van der Waals surface area contributed by atoms with Crippen LogP contribution in [-0.4, -0.2) is 57.8 Å². The van der Waals surface area contributed by atoms with E-state index in [1.54, 1.807) is 0 Å². The van der Waals surface area contributed by atoms with Gasteiger partial charge in [0.05, 0.1) is 11.7 Å². The molecule has 1 saturated heterocycles. The van der Waals surface area contributed by atoms with Crippen molar-refractivity contribution in [3.63, 3.8) is 0 Å². The third-order valence-electron chi connectivity index (χ3n) is 4.56. The third-order valence-corrected chi connectivity index (χ3v) is 4.56. The minimum absolute atomic E-state index is 0.257. The topological polar surface area (TPSA) is 50.3 Å². The summed E-state index contributed by atoms with van der Waals surface area (Å²) in [6, 6.07) is 0.302. The van der Waals surface area contributed by atoms with Crippen molar-refractivity contribution in [3.8, 4) is 0 Å². The second kappa shape index (κ2) is 6.46. The van der Waals surface area contributed by atoms with Crippen molar-refractivity contribution in [1.82, 2.24) is 19.6 Å². The number of aryl methyl sites for hydroxylation is 2. The Morgan fingerprint density at radius 3 is 2.33 bits per heavy atom. The predicted molar refractivity (Wildman–Crippen MR) is 87.3 cm³/mol. The lowest BCUT2D eigenvalue weighted by atomic mass is 10.0. The van der Waals surface area contributed by atoms with Crippen LogP contribution in [0.5, 0.6) is 0 Å². The van der Waals surface area contributed by atoms with Crippen LogP contribution in [-0.2, 0) is 13.5 Å². The van der Waals surface area contributed by atoms with Gasteiger partial charge in [0.2, 0.25) is 0 Å². The van der Waals surface area contributed by atoms with Crippen molar-refractivity contribution >= 4 is 0 Å². The van der Waals surface area contributed by atoms with Crippen LogP contribution in [0.2, 0.25) is 0 Å². The SMILES string of the molecule is CCc1nn(C)cc1C(CN)N1CCN(C(C)(C)C)CC1. The lowest BCUT2D eigenvalue weighted by molar-refractivity contribution is 0.0432. The van der Waals surface area contributed by atoms with E-state index in [0.29, 0.717) is 12.6 Å². The van der Waals surface area contributed by atoms with Gasteiger partial charge in [0.1, 0.15) is 0 Å². The fourth-order valence-electron chi connectivity index (χ4n) is 3.28. The van der Waals surface area contributed by atoms with Crippen molar-refractivity contribution in [1.29, 1.82) is 0 Å². The van der Waals surface area contributed by atoms with Gasteiger partial charge >= 0.3 is 0 Å². The number of nitrogens with two attached hydrogens (primary N) is 1. The zero-order chi connectivity index (χ0) is 15.6. The Hall–Kier alpha value is -0.910. The summed E-state index contributed by atoms with van der Waals surface area (Å²) < 4.78 is 1.92. The molecule has 0 spiro atoms. The number of rotatable bonds is 4. The van der Waals surface area contributed by atoms with E-state index in [4.69, 9.17) is 5.73 Å². The summed E-state index contributed by atoms with van der Waals surface area (Å²) in [6.07, 6.45) is 3.11. The van der Waals surface area contributed by atoms with Gasteiger partial charge in [0, 0.05) is 57.1 Å². The Bertz CT molecular complexity index is 452. The standard InChI is InChI=1S/C16H31N5/c1-6-14-13(12-19(5)18-14)15(11-17)20-7-9-21(10-8-20)16(2,3)4/h12,15H,6-11,17H2,1-5H3. The molecule has 1 aliphatic heterocycles. The summed E-state index contributed by atoms with van der Waals surface area (Å²) in [5.41, 5.74) is 8.85. The molecule has 120 valence electrons. The Kier molecular flexibility index (Phi) is 5.07. The van der Waals surface area contributed by atoms with E-state index < -0.39 is 0 Å². The first-order chi connectivity index (χ1) is 9.86. The molecule has 1 atom stereocenters. The highest BCUT2D eigenvalue weighted by atomic mass is 15.3. The fraction of sp³-hybridized carbons (Fsp3) is 0.812. The molecule has 2 rings (SSSR count). The number of aromatic nitrogens is 2. The van der Waals surface area contributed by atoms with Gasteiger partial charge in [-0.15, -0.1) is 0 Å². The highest BCUT2D eigenvalue weighted by Gasteiger charge is 2.30. The Balaban J connectivity index is 2.09. The molecule has 2 heterocycles. The average Bonchev–Trinajstić information content (AvgIpc) is 2.80. The van der Waals surface area contributed by atoms with Crippen molar-refractivity contribution in [2.45, 2.75) is 45.7 Å². The predicted octanol–water partition coefficient (Wildman–Crippen LogP) is 1.40. The van der Waals surface area contributed by atoms with Gasteiger partial charge in [-0.1, -0.05) is 6.92 Å². The molecule has 1 fully saturated rings. The number of hydrogen-bond donors (Lipinski definition) is 1. The molecular formula is C16H31N5. The van der Waals surface area contributed by atoms with E-state index in [1.165, 1.54) is 11.3 Å². The quantitative estimate of drug-likeness (QED) is 0.911. The number of piperazine rings is 1. The van der Waals surface area contributed by atoms with Crippen LogP contribution >= 0.6 is 0 Å². The van der Waals surface area contributed by atoms with Gasteiger partial charge in [0.25, 0.3) is 0 Å². The van der Waals surface area contributed by atoms with Crippen molar-refractivity contribution in [2.24, 2.45) is 12.8 Å². The summed E-state index contributed by atoms with van der Waals surface area (Å²) in [7, 11) is 1.99. The van der Waals surface area contributed by atoms with Gasteiger partial charge in [-0.3, -0.25) is 14.5 Å². The lowest BCUT2D eigenvalue weighted by Gasteiger charge is -2.44. The molecule has 2 N–H and O–H groups in total. The van der Waals surface area contributed by atoms with Crippen LogP contribution in [0.3, 0.4) is 0 Å². The summed E-state index contributed by atoms with van der Waals surface area (Å²) in [5, 5.41) is 4.57. The summed E-state index contributed by atoms with van der Waals surface area (Å²) >= 11 is 0. The van der Waals surface area contributed by atoms with Gasteiger partial charge in [-0.05, 0) is 27.2 Å². The molecular weight excluding hydrogens is 262 g/mol. The van der Waals surface area contributed by atoms with E-state index in [0.717, 1.165) is 32.6 Å². The molecule has 0 aliphatic carbocycles. The van der Waals surface area contributed by atoms with Gasteiger partial charge in [0.15, 0.2) is 0 Å². The van der Waals surface area contributed by atoms with Crippen LogP contribution in [0, 0.1) is 0 Å². The van der Waals surface area contributed by atoms with Gasteiger partial charge in [-0.2, -0.15) is 5.10 Å². The second-order valence-corrected chi connectivity index (χ2v) is 7.00. The van der Waals surface area contributed by atoms with Crippen molar-refractivity contribution in [2.75, 3.05) is 32.7 Å². The summed E-state index contributed by atoms with van der Waals surface area (Å²) in [5.74, 6) is 0. The monoisotopic (exact) mass is 293 g/mol. The zero-order valence-corrected chi connectivity index (χ0v) is 14.3. The molecule has 1 aromatic heterocycles. The largest absolute Gasteiger partial charge is 0.329 e. The maximum atomic E-state index is 6.10. The van der Waals surface area contributed by atoms with Gasteiger partial charge < -0.3 is 5.73 Å². The lowest BCUT2D eigenvalue weighted by Crippen LogP contribution is -2.54. The van der Waals surface area contributed by atoms with Crippen LogP contribution in [0.4, 0.5) is 0 Å². The maximum absolute atomic E-state index is 6.10. The van der Waals surface area contributed by atoms with E-state index in [2.05, 4.69) is 48.8 Å². The molecule has 0 amide bonds. The highest BCUT2D eigenvalue weighted by molar-refractivity contribution is 5.22. The second-order valence-electron chi connectivity index (χ2n) is 7.00. The maximum Gasteiger partial charge on any atom is 0.0670 e. The Labute approximate surface area is 129 Å². The normalized spacial score (nSPS) is 19.9.